The molecule has 0 heterocycles. The van der Waals surface area contributed by atoms with Crippen LogP contribution < -0.4 is 5.32 Å². The van der Waals surface area contributed by atoms with Gasteiger partial charge in [-0.25, -0.2) is 0 Å². The summed E-state index contributed by atoms with van der Waals surface area (Å²) in [4.78, 5) is 12.3. The number of hydrogen-bond donors (Lipinski definition) is 3. The molecule has 0 atom stereocenters. The van der Waals surface area contributed by atoms with Crippen LogP contribution in [0.25, 0.3) is 10.8 Å². The molecule has 2 rings (SSSR count). The van der Waals surface area contributed by atoms with Gasteiger partial charge in [0.05, 0.1) is 18.8 Å². The SMILES string of the molecule is CCC(CO)(CO)NCCC(=O)c1ccc2c(Cl)cccc2c1. The molecular formula is C18H22ClNO3. The minimum atomic E-state index is -0.725. The van der Waals surface area contributed by atoms with E-state index in [1.807, 2.05) is 37.3 Å². The van der Waals surface area contributed by atoms with Gasteiger partial charge >= 0.3 is 0 Å². The Morgan fingerprint density at radius 1 is 1.22 bits per heavy atom. The van der Waals surface area contributed by atoms with E-state index >= 15 is 0 Å². The Hall–Kier alpha value is -1.46. The molecule has 2 aromatic rings. The molecule has 4 nitrogen and oxygen atoms in total. The van der Waals surface area contributed by atoms with Gasteiger partial charge in [0.25, 0.3) is 0 Å². The average Bonchev–Trinajstić information content (AvgIpc) is 2.59. The van der Waals surface area contributed by atoms with Crippen LogP contribution in [0.15, 0.2) is 36.4 Å². The Bertz CT molecular complexity index is 675. The van der Waals surface area contributed by atoms with Crippen molar-refractivity contribution >= 4 is 28.2 Å². The van der Waals surface area contributed by atoms with Gasteiger partial charge in [0.2, 0.25) is 0 Å². The maximum Gasteiger partial charge on any atom is 0.164 e. The Morgan fingerprint density at radius 3 is 2.61 bits per heavy atom. The van der Waals surface area contributed by atoms with Crippen molar-refractivity contribution in [3.05, 3.63) is 47.0 Å². The normalized spacial score (nSPS) is 11.8. The summed E-state index contributed by atoms with van der Waals surface area (Å²) in [6.45, 7) is 1.96. The maximum absolute atomic E-state index is 12.3. The number of aliphatic hydroxyl groups excluding tert-OH is 2. The molecule has 0 saturated carbocycles. The lowest BCUT2D eigenvalue weighted by Crippen LogP contribution is -2.51. The molecule has 0 bridgehead atoms. The monoisotopic (exact) mass is 335 g/mol. The quantitative estimate of drug-likeness (QED) is 0.649. The Morgan fingerprint density at radius 2 is 1.96 bits per heavy atom. The predicted octanol–water partition coefficient (Wildman–Crippen LogP) is 2.79. The second kappa shape index (κ2) is 7.88. The zero-order valence-electron chi connectivity index (χ0n) is 13.2. The molecular weight excluding hydrogens is 314 g/mol. The van der Waals surface area contributed by atoms with E-state index in [1.54, 1.807) is 6.07 Å². The van der Waals surface area contributed by atoms with E-state index in [2.05, 4.69) is 5.32 Å². The highest BCUT2D eigenvalue weighted by molar-refractivity contribution is 6.35. The summed E-state index contributed by atoms with van der Waals surface area (Å²) >= 11 is 6.13. The number of ketones is 1. The summed E-state index contributed by atoms with van der Waals surface area (Å²) < 4.78 is 0. The number of fused-ring (bicyclic) bond motifs is 1. The van der Waals surface area contributed by atoms with E-state index in [1.165, 1.54) is 0 Å². The van der Waals surface area contributed by atoms with Crippen molar-refractivity contribution in [2.24, 2.45) is 0 Å². The highest BCUT2D eigenvalue weighted by Crippen LogP contribution is 2.24. The number of rotatable bonds is 8. The van der Waals surface area contributed by atoms with Crippen LogP contribution in [-0.4, -0.2) is 41.3 Å². The van der Waals surface area contributed by atoms with Gasteiger partial charge < -0.3 is 15.5 Å². The molecule has 0 fully saturated rings. The topological polar surface area (TPSA) is 69.6 Å². The van der Waals surface area contributed by atoms with Gasteiger partial charge in [-0.2, -0.15) is 0 Å². The average molecular weight is 336 g/mol. The van der Waals surface area contributed by atoms with Gasteiger partial charge in [-0.1, -0.05) is 42.8 Å². The zero-order valence-corrected chi connectivity index (χ0v) is 13.9. The van der Waals surface area contributed by atoms with Gasteiger partial charge in [0, 0.05) is 28.9 Å². The number of carbonyl (C=O) groups is 1. The van der Waals surface area contributed by atoms with Crippen molar-refractivity contribution in [1.29, 1.82) is 0 Å². The standard InChI is InChI=1S/C18H22ClNO3/c1-2-18(11-21,12-22)20-9-8-17(23)14-6-7-15-13(10-14)4-3-5-16(15)19/h3-7,10,20-22H,2,8-9,11-12H2,1H3. The number of aliphatic hydroxyl groups is 2. The molecule has 0 unspecified atom stereocenters. The number of benzene rings is 2. The van der Waals surface area contributed by atoms with Crippen molar-refractivity contribution in [3.63, 3.8) is 0 Å². The van der Waals surface area contributed by atoms with E-state index in [9.17, 15) is 15.0 Å². The third kappa shape index (κ3) is 4.09. The van der Waals surface area contributed by atoms with Crippen LogP contribution in [0.4, 0.5) is 0 Å². The fourth-order valence-corrected chi connectivity index (χ4v) is 2.76. The first-order chi connectivity index (χ1) is 11.0. The number of hydrogen-bond acceptors (Lipinski definition) is 4. The molecule has 0 saturated heterocycles. The van der Waals surface area contributed by atoms with E-state index in [4.69, 9.17) is 11.6 Å². The first-order valence-corrected chi connectivity index (χ1v) is 8.11. The molecule has 0 aliphatic carbocycles. The number of Topliss-reactive ketones (excluding diaryl/α,β-unsaturated/α-hetero) is 1. The highest BCUT2D eigenvalue weighted by atomic mass is 35.5. The lowest BCUT2D eigenvalue weighted by atomic mass is 9.97. The van der Waals surface area contributed by atoms with Crippen LogP contribution in [0.1, 0.15) is 30.1 Å². The van der Waals surface area contributed by atoms with Gasteiger partial charge in [0.1, 0.15) is 0 Å². The number of carbonyl (C=O) groups excluding carboxylic acids is 1. The van der Waals surface area contributed by atoms with Crippen LogP contribution in [0, 0.1) is 0 Å². The molecule has 23 heavy (non-hydrogen) atoms. The highest BCUT2D eigenvalue weighted by Gasteiger charge is 2.25. The van der Waals surface area contributed by atoms with E-state index < -0.39 is 5.54 Å². The zero-order chi connectivity index (χ0) is 16.9. The molecule has 0 radical (unpaired) electrons. The van der Waals surface area contributed by atoms with Crippen molar-refractivity contribution in [2.75, 3.05) is 19.8 Å². The maximum atomic E-state index is 12.3. The molecule has 3 N–H and O–H groups in total. The van der Waals surface area contributed by atoms with E-state index in [0.717, 1.165) is 10.8 Å². The molecule has 0 aliphatic heterocycles. The molecule has 5 heteroatoms. The van der Waals surface area contributed by atoms with Gasteiger partial charge in [-0.15, -0.1) is 0 Å². The molecule has 0 aliphatic rings. The molecule has 0 aromatic heterocycles. The summed E-state index contributed by atoms with van der Waals surface area (Å²) in [5, 5.41) is 24.4. The summed E-state index contributed by atoms with van der Waals surface area (Å²) in [5.74, 6) is 0.0141. The fourth-order valence-electron chi connectivity index (χ4n) is 2.51. The minimum Gasteiger partial charge on any atom is -0.394 e. The second-order valence-electron chi connectivity index (χ2n) is 5.73. The van der Waals surface area contributed by atoms with Crippen molar-refractivity contribution < 1.29 is 15.0 Å². The summed E-state index contributed by atoms with van der Waals surface area (Å²) in [6.07, 6.45) is 0.885. The van der Waals surface area contributed by atoms with Crippen LogP contribution in [0.2, 0.25) is 5.02 Å². The first-order valence-electron chi connectivity index (χ1n) is 7.73. The van der Waals surface area contributed by atoms with E-state index in [0.29, 0.717) is 30.0 Å². The molecule has 0 amide bonds. The third-order valence-electron chi connectivity index (χ3n) is 4.28. The third-order valence-corrected chi connectivity index (χ3v) is 4.61. The van der Waals surface area contributed by atoms with Crippen LogP contribution >= 0.6 is 11.6 Å². The van der Waals surface area contributed by atoms with E-state index in [-0.39, 0.29) is 19.0 Å². The summed E-state index contributed by atoms with van der Waals surface area (Å²) in [6, 6.07) is 11.1. The predicted molar refractivity (Wildman–Crippen MR) is 93.1 cm³/mol. The van der Waals surface area contributed by atoms with Crippen molar-refractivity contribution in [1.82, 2.24) is 5.32 Å². The Labute approximate surface area is 141 Å². The summed E-state index contributed by atoms with van der Waals surface area (Å²) in [5.41, 5.74) is -0.0892. The van der Waals surface area contributed by atoms with Gasteiger partial charge in [-0.05, 0) is 23.9 Å². The smallest absolute Gasteiger partial charge is 0.164 e. The fraction of sp³-hybridized carbons (Fsp3) is 0.389. The van der Waals surface area contributed by atoms with Gasteiger partial charge in [-0.3, -0.25) is 4.79 Å². The second-order valence-corrected chi connectivity index (χ2v) is 6.13. The molecule has 0 spiro atoms. The number of nitrogens with one attached hydrogen (secondary N) is 1. The number of halogens is 1. The van der Waals surface area contributed by atoms with Crippen LogP contribution in [-0.2, 0) is 0 Å². The lowest BCUT2D eigenvalue weighted by Gasteiger charge is -2.29. The molecule has 124 valence electrons. The lowest BCUT2D eigenvalue weighted by molar-refractivity contribution is 0.0837. The largest absolute Gasteiger partial charge is 0.394 e. The minimum absolute atomic E-state index is 0.0141. The Kier molecular flexibility index (Phi) is 6.13. The van der Waals surface area contributed by atoms with Crippen LogP contribution in [0.5, 0.6) is 0 Å². The van der Waals surface area contributed by atoms with Crippen molar-refractivity contribution in [2.45, 2.75) is 25.3 Å². The van der Waals surface area contributed by atoms with Crippen LogP contribution in [0.3, 0.4) is 0 Å². The van der Waals surface area contributed by atoms with Crippen molar-refractivity contribution in [3.8, 4) is 0 Å². The molecule has 2 aromatic carbocycles. The Balaban J connectivity index is 2.04. The summed E-state index contributed by atoms with van der Waals surface area (Å²) in [7, 11) is 0. The van der Waals surface area contributed by atoms with Gasteiger partial charge in [0.15, 0.2) is 5.78 Å². The first kappa shape index (κ1) is 17.9.